The number of hydrogen-bond acceptors (Lipinski definition) is 3. The second kappa shape index (κ2) is 6.27. The summed E-state index contributed by atoms with van der Waals surface area (Å²) in [5.74, 6) is -0.299. The van der Waals surface area contributed by atoms with Crippen molar-refractivity contribution in [3.05, 3.63) is 71.3 Å². The van der Waals surface area contributed by atoms with Crippen LogP contribution in [0, 0.1) is 0 Å². The van der Waals surface area contributed by atoms with Crippen LogP contribution in [0.4, 0.5) is 0 Å². The van der Waals surface area contributed by atoms with E-state index >= 15 is 0 Å². The van der Waals surface area contributed by atoms with Crippen molar-refractivity contribution in [3.8, 4) is 0 Å². The summed E-state index contributed by atoms with van der Waals surface area (Å²) < 4.78 is 0. The third-order valence-electron chi connectivity index (χ3n) is 3.16. The summed E-state index contributed by atoms with van der Waals surface area (Å²) in [6.45, 7) is -0.311. The van der Waals surface area contributed by atoms with Gasteiger partial charge in [-0.3, -0.25) is 4.79 Å². The second-order valence-electron chi connectivity index (χ2n) is 4.42. The molecule has 0 amide bonds. The van der Waals surface area contributed by atoms with Gasteiger partial charge in [0.15, 0.2) is 0 Å². The molecule has 0 aromatic heterocycles. The number of rotatable bonds is 5. The molecule has 0 bridgehead atoms. The Bertz CT molecular complexity index is 519. The fourth-order valence-corrected chi connectivity index (χ4v) is 2.18. The van der Waals surface area contributed by atoms with Gasteiger partial charge in [-0.1, -0.05) is 54.6 Å². The number of hydrogen-bond donors (Lipinski definition) is 2. The Morgan fingerprint density at radius 3 is 2.05 bits per heavy atom. The van der Waals surface area contributed by atoms with E-state index in [1.807, 2.05) is 30.3 Å². The molecule has 2 aromatic carbocycles. The number of aliphatic hydroxyl groups excluding tert-OH is 2. The van der Waals surface area contributed by atoms with Crippen molar-refractivity contribution >= 4 is 6.29 Å². The molecule has 98 valence electrons. The molecule has 0 spiro atoms. The molecule has 19 heavy (non-hydrogen) atoms. The molecular formula is C16H16O3. The second-order valence-corrected chi connectivity index (χ2v) is 4.42. The Hall–Kier alpha value is -1.97. The molecule has 0 fully saturated rings. The molecule has 3 heteroatoms. The first kappa shape index (κ1) is 13.5. The SMILES string of the molecule is O=Cc1ccc([C@@H](c2ccccc2)[C@H](O)CO)cc1. The first-order chi connectivity index (χ1) is 9.26. The highest BCUT2D eigenvalue weighted by atomic mass is 16.3. The zero-order valence-corrected chi connectivity index (χ0v) is 10.4. The lowest BCUT2D eigenvalue weighted by atomic mass is 9.86. The molecule has 0 aliphatic heterocycles. The van der Waals surface area contributed by atoms with Crippen LogP contribution in [0.25, 0.3) is 0 Å². The minimum atomic E-state index is -0.871. The first-order valence-corrected chi connectivity index (χ1v) is 6.15. The van der Waals surface area contributed by atoms with Crippen molar-refractivity contribution in [1.82, 2.24) is 0 Å². The molecule has 2 atom stereocenters. The van der Waals surface area contributed by atoms with Gasteiger partial charge in [-0.2, -0.15) is 0 Å². The predicted octanol–water partition coefficient (Wildman–Crippen LogP) is 1.98. The molecule has 0 aliphatic carbocycles. The number of carbonyl (C=O) groups excluding carboxylic acids is 1. The summed E-state index contributed by atoms with van der Waals surface area (Å²) in [5, 5.41) is 19.3. The van der Waals surface area contributed by atoms with Crippen molar-refractivity contribution in [2.24, 2.45) is 0 Å². The van der Waals surface area contributed by atoms with Crippen LogP contribution in [0.2, 0.25) is 0 Å². The maximum absolute atomic E-state index is 10.7. The molecule has 2 aromatic rings. The fourth-order valence-electron chi connectivity index (χ4n) is 2.18. The van der Waals surface area contributed by atoms with E-state index in [0.29, 0.717) is 5.56 Å². The van der Waals surface area contributed by atoms with E-state index in [2.05, 4.69) is 0 Å². The van der Waals surface area contributed by atoms with Crippen molar-refractivity contribution in [2.45, 2.75) is 12.0 Å². The summed E-state index contributed by atoms with van der Waals surface area (Å²) in [6.07, 6.45) is -0.0893. The molecule has 0 radical (unpaired) electrons. The lowest BCUT2D eigenvalue weighted by Gasteiger charge is -2.22. The average molecular weight is 256 g/mol. The summed E-state index contributed by atoms with van der Waals surface area (Å²) in [6, 6.07) is 16.6. The Labute approximate surface area is 112 Å². The number of aliphatic hydroxyl groups is 2. The Kier molecular flexibility index (Phi) is 4.44. The molecule has 2 N–H and O–H groups in total. The van der Waals surface area contributed by atoms with Gasteiger partial charge in [0.05, 0.1) is 12.7 Å². The van der Waals surface area contributed by atoms with E-state index in [1.54, 1.807) is 24.3 Å². The van der Waals surface area contributed by atoms with Crippen molar-refractivity contribution in [3.63, 3.8) is 0 Å². The van der Waals surface area contributed by atoms with Gasteiger partial charge in [0.2, 0.25) is 0 Å². The highest BCUT2D eigenvalue weighted by Gasteiger charge is 2.22. The lowest BCUT2D eigenvalue weighted by molar-refractivity contribution is 0.0823. The maximum Gasteiger partial charge on any atom is 0.150 e. The average Bonchev–Trinajstić information content (AvgIpc) is 2.49. The molecule has 0 saturated carbocycles. The molecule has 0 aliphatic rings. The Morgan fingerprint density at radius 2 is 1.53 bits per heavy atom. The number of benzene rings is 2. The summed E-state index contributed by atoms with van der Waals surface area (Å²) in [4.78, 5) is 10.7. The predicted molar refractivity (Wildman–Crippen MR) is 73.2 cm³/mol. The van der Waals surface area contributed by atoms with E-state index in [0.717, 1.165) is 17.4 Å². The topological polar surface area (TPSA) is 57.5 Å². The number of aldehydes is 1. The maximum atomic E-state index is 10.7. The van der Waals surface area contributed by atoms with Gasteiger partial charge in [-0.05, 0) is 11.1 Å². The van der Waals surface area contributed by atoms with Gasteiger partial charge >= 0.3 is 0 Å². The van der Waals surface area contributed by atoms with Crippen molar-refractivity contribution in [2.75, 3.05) is 6.61 Å². The van der Waals surface area contributed by atoms with Gasteiger partial charge in [0.25, 0.3) is 0 Å². The molecule has 0 saturated heterocycles. The molecule has 0 heterocycles. The van der Waals surface area contributed by atoms with Crippen LogP contribution < -0.4 is 0 Å². The number of carbonyl (C=O) groups is 1. The van der Waals surface area contributed by atoms with E-state index in [9.17, 15) is 15.0 Å². The minimum Gasteiger partial charge on any atom is -0.394 e. The van der Waals surface area contributed by atoms with Crippen LogP contribution in [-0.2, 0) is 0 Å². The van der Waals surface area contributed by atoms with Crippen LogP contribution in [0.1, 0.15) is 27.4 Å². The zero-order valence-electron chi connectivity index (χ0n) is 10.4. The minimum absolute atomic E-state index is 0.299. The Morgan fingerprint density at radius 1 is 0.947 bits per heavy atom. The van der Waals surface area contributed by atoms with Gasteiger partial charge < -0.3 is 10.2 Å². The highest BCUT2D eigenvalue weighted by Crippen LogP contribution is 2.28. The van der Waals surface area contributed by atoms with Gasteiger partial charge in [0.1, 0.15) is 6.29 Å². The molecule has 3 nitrogen and oxygen atoms in total. The monoisotopic (exact) mass is 256 g/mol. The fraction of sp³-hybridized carbons (Fsp3) is 0.188. The first-order valence-electron chi connectivity index (χ1n) is 6.15. The molecule has 2 rings (SSSR count). The van der Waals surface area contributed by atoms with E-state index < -0.39 is 6.10 Å². The normalized spacial score (nSPS) is 13.8. The van der Waals surface area contributed by atoms with E-state index in [-0.39, 0.29) is 12.5 Å². The quantitative estimate of drug-likeness (QED) is 0.804. The smallest absolute Gasteiger partial charge is 0.150 e. The summed E-state index contributed by atoms with van der Waals surface area (Å²) in [7, 11) is 0. The van der Waals surface area contributed by atoms with Crippen LogP contribution >= 0.6 is 0 Å². The largest absolute Gasteiger partial charge is 0.394 e. The third-order valence-corrected chi connectivity index (χ3v) is 3.16. The van der Waals surface area contributed by atoms with Crippen LogP contribution in [0.3, 0.4) is 0 Å². The van der Waals surface area contributed by atoms with Crippen LogP contribution in [0.5, 0.6) is 0 Å². The van der Waals surface area contributed by atoms with Crippen LogP contribution in [-0.4, -0.2) is 29.2 Å². The third kappa shape index (κ3) is 3.08. The van der Waals surface area contributed by atoms with E-state index in [1.165, 1.54) is 0 Å². The van der Waals surface area contributed by atoms with Crippen molar-refractivity contribution < 1.29 is 15.0 Å². The standard InChI is InChI=1S/C16H16O3/c17-10-12-6-8-14(9-7-12)16(15(19)11-18)13-4-2-1-3-5-13/h1-10,15-16,18-19H,11H2/t15-,16-/m1/s1. The van der Waals surface area contributed by atoms with E-state index in [4.69, 9.17) is 0 Å². The van der Waals surface area contributed by atoms with Crippen LogP contribution in [0.15, 0.2) is 54.6 Å². The summed E-state index contributed by atoms with van der Waals surface area (Å²) in [5.41, 5.74) is 2.40. The summed E-state index contributed by atoms with van der Waals surface area (Å²) >= 11 is 0. The molecule has 0 unspecified atom stereocenters. The lowest BCUT2D eigenvalue weighted by Crippen LogP contribution is -2.23. The van der Waals surface area contributed by atoms with Gasteiger partial charge in [0, 0.05) is 11.5 Å². The Balaban J connectivity index is 2.39. The molecular weight excluding hydrogens is 240 g/mol. The van der Waals surface area contributed by atoms with Gasteiger partial charge in [-0.15, -0.1) is 0 Å². The highest BCUT2D eigenvalue weighted by molar-refractivity contribution is 5.74. The van der Waals surface area contributed by atoms with Crippen molar-refractivity contribution in [1.29, 1.82) is 0 Å². The van der Waals surface area contributed by atoms with Gasteiger partial charge in [-0.25, -0.2) is 0 Å². The zero-order chi connectivity index (χ0) is 13.7.